The molecule has 2 aromatic carbocycles. The van der Waals surface area contributed by atoms with Gasteiger partial charge in [0.15, 0.2) is 0 Å². The van der Waals surface area contributed by atoms with E-state index in [0.717, 1.165) is 37.2 Å². The first kappa shape index (κ1) is 19.0. The first-order valence-corrected chi connectivity index (χ1v) is 9.90. The van der Waals surface area contributed by atoms with E-state index in [9.17, 15) is 4.79 Å². The van der Waals surface area contributed by atoms with E-state index in [0.29, 0.717) is 17.2 Å². The summed E-state index contributed by atoms with van der Waals surface area (Å²) >= 11 is 0. The molecule has 5 heteroatoms. The molecule has 5 nitrogen and oxygen atoms in total. The maximum absolute atomic E-state index is 12.0. The van der Waals surface area contributed by atoms with Crippen molar-refractivity contribution in [2.24, 2.45) is 0 Å². The van der Waals surface area contributed by atoms with Crippen LogP contribution in [0.2, 0.25) is 0 Å². The van der Waals surface area contributed by atoms with Gasteiger partial charge < -0.3 is 15.4 Å². The highest BCUT2D eigenvalue weighted by atomic mass is 16.5. The number of anilines is 1. The van der Waals surface area contributed by atoms with Crippen molar-refractivity contribution in [1.82, 2.24) is 4.98 Å². The van der Waals surface area contributed by atoms with Gasteiger partial charge in [-0.05, 0) is 36.5 Å². The average Bonchev–Trinajstić information content (AvgIpc) is 2.78. The summed E-state index contributed by atoms with van der Waals surface area (Å²) in [5, 5.41) is 8.14. The van der Waals surface area contributed by atoms with Crippen LogP contribution >= 0.6 is 0 Å². The summed E-state index contributed by atoms with van der Waals surface area (Å²) in [7, 11) is 1.39. The number of hydrogen-bond acceptors (Lipinski definition) is 4. The number of para-hydroxylation sites is 1. The lowest BCUT2D eigenvalue weighted by Crippen LogP contribution is -2.19. The molecule has 0 fully saturated rings. The molecule has 1 aliphatic rings. The van der Waals surface area contributed by atoms with Crippen LogP contribution in [-0.4, -0.2) is 24.6 Å². The number of ether oxygens (including phenoxy) is 1. The van der Waals surface area contributed by atoms with Crippen molar-refractivity contribution in [3.63, 3.8) is 0 Å². The summed E-state index contributed by atoms with van der Waals surface area (Å²) in [6, 6.07) is 18.2. The lowest BCUT2D eigenvalue weighted by Gasteiger charge is -2.30. The molecular weight excluding hydrogens is 362 g/mol. The van der Waals surface area contributed by atoms with Crippen molar-refractivity contribution >= 4 is 23.0 Å². The Kier molecular flexibility index (Phi) is 5.75. The molecular formula is C24H24N3O2-. The molecule has 0 saturated heterocycles. The second-order valence-corrected chi connectivity index (χ2v) is 7.21. The van der Waals surface area contributed by atoms with E-state index in [1.807, 2.05) is 30.3 Å². The van der Waals surface area contributed by atoms with Crippen molar-refractivity contribution in [2.45, 2.75) is 25.2 Å². The Hall–Kier alpha value is -3.34. The van der Waals surface area contributed by atoms with E-state index in [-0.39, 0.29) is 5.97 Å². The van der Waals surface area contributed by atoms with Crippen LogP contribution in [-0.2, 0) is 11.2 Å². The van der Waals surface area contributed by atoms with Crippen LogP contribution in [0.5, 0.6) is 0 Å². The van der Waals surface area contributed by atoms with E-state index >= 15 is 0 Å². The van der Waals surface area contributed by atoms with Crippen LogP contribution in [0.25, 0.3) is 5.32 Å². The maximum atomic E-state index is 12.0. The highest BCUT2D eigenvalue weighted by Crippen LogP contribution is 2.37. The third-order valence-electron chi connectivity index (χ3n) is 5.34. The minimum absolute atomic E-state index is 0.355. The van der Waals surface area contributed by atoms with Crippen LogP contribution in [0.4, 0.5) is 17.1 Å². The smallest absolute Gasteiger partial charge is 0.340 e. The molecule has 0 spiro atoms. The lowest BCUT2D eigenvalue weighted by molar-refractivity contribution is 0.0601. The Labute approximate surface area is 171 Å². The second-order valence-electron chi connectivity index (χ2n) is 7.21. The molecule has 1 unspecified atom stereocenters. The van der Waals surface area contributed by atoms with Gasteiger partial charge in [-0.3, -0.25) is 4.98 Å². The fourth-order valence-electron chi connectivity index (χ4n) is 3.89. The molecule has 148 valence electrons. The topological polar surface area (TPSA) is 65.3 Å². The number of esters is 1. The molecule has 1 atom stereocenters. The van der Waals surface area contributed by atoms with Crippen molar-refractivity contribution in [1.29, 1.82) is 0 Å². The highest BCUT2D eigenvalue weighted by Gasteiger charge is 2.20. The Balaban J connectivity index is 1.48. The molecule has 0 amide bonds. The molecule has 0 aliphatic heterocycles. The Morgan fingerprint density at radius 1 is 1.17 bits per heavy atom. The Morgan fingerprint density at radius 2 is 2.03 bits per heavy atom. The van der Waals surface area contributed by atoms with Gasteiger partial charge in [0.25, 0.3) is 0 Å². The van der Waals surface area contributed by atoms with Crippen molar-refractivity contribution in [3.05, 3.63) is 89.0 Å². The number of hydrogen-bond donors (Lipinski definition) is 1. The molecule has 1 aromatic heterocycles. The summed E-state index contributed by atoms with van der Waals surface area (Å²) in [6.45, 7) is 0.748. The Morgan fingerprint density at radius 3 is 2.86 bits per heavy atom. The maximum Gasteiger partial charge on any atom is 0.340 e. The molecule has 1 aliphatic carbocycles. The van der Waals surface area contributed by atoms with Crippen LogP contribution in [0, 0.1) is 0 Å². The van der Waals surface area contributed by atoms with Gasteiger partial charge in [-0.2, -0.15) is 0 Å². The quantitative estimate of drug-likeness (QED) is 0.549. The van der Waals surface area contributed by atoms with Gasteiger partial charge in [-0.15, -0.1) is 11.4 Å². The van der Waals surface area contributed by atoms with Crippen LogP contribution in [0.3, 0.4) is 0 Å². The molecule has 4 rings (SSSR count). The van der Waals surface area contributed by atoms with Crippen molar-refractivity contribution in [2.75, 3.05) is 19.0 Å². The zero-order chi connectivity index (χ0) is 20.1. The molecule has 0 saturated carbocycles. The van der Waals surface area contributed by atoms with Crippen molar-refractivity contribution in [3.8, 4) is 0 Å². The molecule has 1 heterocycles. The number of pyridine rings is 1. The number of fused-ring (bicyclic) bond motifs is 1. The number of aromatic nitrogens is 1. The van der Waals surface area contributed by atoms with Gasteiger partial charge in [-0.25, -0.2) is 4.79 Å². The molecule has 0 bridgehead atoms. The summed E-state index contributed by atoms with van der Waals surface area (Å²) in [5.74, 6) is 0.0290. The van der Waals surface area contributed by atoms with E-state index in [2.05, 4.69) is 28.5 Å². The van der Waals surface area contributed by atoms with Gasteiger partial charge in [-0.1, -0.05) is 48.5 Å². The first-order chi connectivity index (χ1) is 14.2. The number of carbonyl (C=O) groups is 1. The number of nitrogens with zero attached hydrogens (tertiary/aromatic N) is 2. The van der Waals surface area contributed by atoms with Crippen LogP contribution in [0.1, 0.15) is 40.2 Å². The first-order valence-electron chi connectivity index (χ1n) is 9.90. The van der Waals surface area contributed by atoms with Crippen molar-refractivity contribution < 1.29 is 9.53 Å². The molecule has 1 N–H and O–H groups in total. The molecule has 0 radical (unpaired) electrons. The Bertz CT molecular complexity index is 988. The van der Waals surface area contributed by atoms with Crippen LogP contribution < -0.4 is 5.32 Å². The van der Waals surface area contributed by atoms with Gasteiger partial charge in [0.2, 0.25) is 0 Å². The van der Waals surface area contributed by atoms with Gasteiger partial charge >= 0.3 is 5.97 Å². The summed E-state index contributed by atoms with van der Waals surface area (Å²) in [6.07, 6.45) is 6.61. The van der Waals surface area contributed by atoms with E-state index in [4.69, 9.17) is 10.1 Å². The van der Waals surface area contributed by atoms with E-state index in [1.165, 1.54) is 18.2 Å². The largest absolute Gasteiger partial charge is 0.658 e. The minimum Gasteiger partial charge on any atom is -0.658 e. The SMILES string of the molecule is COC(=O)c1ccncc1NCC1CCCc2cc([N-]c3ccccc3)ccc21. The van der Waals surface area contributed by atoms with Gasteiger partial charge in [0.1, 0.15) is 0 Å². The number of carbonyl (C=O) groups excluding carboxylic acids is 1. The fraction of sp³-hybridized carbons (Fsp3) is 0.250. The zero-order valence-corrected chi connectivity index (χ0v) is 16.5. The fourth-order valence-corrected chi connectivity index (χ4v) is 3.89. The van der Waals surface area contributed by atoms with Crippen LogP contribution in [0.15, 0.2) is 67.0 Å². The zero-order valence-electron chi connectivity index (χ0n) is 16.5. The second kappa shape index (κ2) is 8.78. The van der Waals surface area contributed by atoms with Gasteiger partial charge in [0.05, 0.1) is 24.6 Å². The average molecular weight is 386 g/mol. The molecule has 29 heavy (non-hydrogen) atoms. The highest BCUT2D eigenvalue weighted by molar-refractivity contribution is 5.95. The number of aryl methyl sites for hydroxylation is 1. The standard InChI is InChI=1S/C24H24N3O2/c1-29-24(28)22-12-13-25-16-23(22)26-15-18-7-5-6-17-14-20(10-11-21(17)18)27-19-8-3-2-4-9-19/h2-4,8-14,16,18H,5-7,15H2,1H3,(H,26,28)/q-1. The minimum atomic E-state index is -0.355. The number of benzene rings is 2. The normalized spacial score (nSPS) is 15.3. The number of rotatable bonds is 6. The predicted molar refractivity (Wildman–Crippen MR) is 115 cm³/mol. The third-order valence-corrected chi connectivity index (χ3v) is 5.34. The van der Waals surface area contributed by atoms with Gasteiger partial charge in [0, 0.05) is 18.7 Å². The third kappa shape index (κ3) is 4.40. The number of nitrogens with one attached hydrogen (secondary N) is 1. The summed E-state index contributed by atoms with van der Waals surface area (Å²) in [4.78, 5) is 16.1. The predicted octanol–water partition coefficient (Wildman–Crippen LogP) is 5.74. The number of methoxy groups -OCH3 is 1. The monoisotopic (exact) mass is 386 g/mol. The van der Waals surface area contributed by atoms with E-state index in [1.54, 1.807) is 18.5 Å². The molecule has 3 aromatic rings. The summed E-state index contributed by atoms with van der Waals surface area (Å²) in [5.41, 5.74) is 5.90. The van der Waals surface area contributed by atoms with E-state index < -0.39 is 0 Å². The summed E-state index contributed by atoms with van der Waals surface area (Å²) < 4.78 is 4.87. The lowest BCUT2D eigenvalue weighted by atomic mass is 9.82.